The topological polar surface area (TPSA) is 105 Å². The Hall–Kier alpha value is -2.26. The van der Waals surface area contributed by atoms with Crippen molar-refractivity contribution in [2.75, 3.05) is 4.72 Å². The Kier molecular flexibility index (Phi) is 6.62. The van der Waals surface area contributed by atoms with Crippen molar-refractivity contribution in [1.82, 2.24) is 10.3 Å². The van der Waals surface area contributed by atoms with E-state index in [4.69, 9.17) is 0 Å². The molecule has 1 amide bonds. The average Bonchev–Trinajstić information content (AvgIpc) is 3.30. The van der Waals surface area contributed by atoms with Gasteiger partial charge in [0, 0.05) is 22.3 Å². The van der Waals surface area contributed by atoms with Crippen LogP contribution in [0.15, 0.2) is 34.8 Å². The number of carbonyl (C=O) groups excluding carboxylic acids is 2. The number of ketones is 1. The number of benzene rings is 1. The molecule has 162 valence electrons. The Labute approximate surface area is 181 Å². The molecule has 1 aliphatic carbocycles. The molecular weight excluding hydrogens is 422 g/mol. The van der Waals surface area contributed by atoms with Crippen LogP contribution in [0.4, 0.5) is 5.69 Å². The number of rotatable bonds is 8. The molecule has 30 heavy (non-hydrogen) atoms. The highest BCUT2D eigenvalue weighted by atomic mass is 32.2. The summed E-state index contributed by atoms with van der Waals surface area (Å²) in [5.74, 6) is -0.402. The molecule has 3 rings (SSSR count). The maximum atomic E-state index is 12.6. The molecule has 0 spiro atoms. The fourth-order valence-electron chi connectivity index (χ4n) is 3.81. The van der Waals surface area contributed by atoms with E-state index in [-0.39, 0.29) is 21.4 Å². The molecule has 1 atom stereocenters. The number of amides is 1. The van der Waals surface area contributed by atoms with Gasteiger partial charge in [-0.25, -0.2) is 4.98 Å². The van der Waals surface area contributed by atoms with E-state index in [0.29, 0.717) is 17.7 Å². The molecular formula is C21H27N3O4S2. The van der Waals surface area contributed by atoms with Crippen molar-refractivity contribution in [3.05, 3.63) is 40.9 Å². The van der Waals surface area contributed by atoms with E-state index >= 15 is 0 Å². The van der Waals surface area contributed by atoms with E-state index in [1.807, 2.05) is 0 Å². The van der Waals surface area contributed by atoms with Gasteiger partial charge in [-0.2, -0.15) is 8.42 Å². The molecule has 0 bridgehead atoms. The zero-order valence-electron chi connectivity index (χ0n) is 17.4. The average molecular weight is 450 g/mol. The number of hydrogen-bond acceptors (Lipinski definition) is 6. The number of hydrogen-bond donors (Lipinski definition) is 2. The molecule has 7 nitrogen and oxygen atoms in total. The Morgan fingerprint density at radius 3 is 2.37 bits per heavy atom. The first-order valence-electron chi connectivity index (χ1n) is 9.95. The molecule has 2 N–H and O–H groups in total. The normalized spacial score (nSPS) is 16.8. The van der Waals surface area contributed by atoms with E-state index in [1.54, 1.807) is 6.92 Å². The van der Waals surface area contributed by atoms with Crippen LogP contribution in [0.3, 0.4) is 0 Å². The van der Waals surface area contributed by atoms with Crippen molar-refractivity contribution in [2.45, 2.75) is 63.3 Å². The predicted molar refractivity (Wildman–Crippen MR) is 117 cm³/mol. The largest absolute Gasteiger partial charge is 0.342 e. The highest BCUT2D eigenvalue weighted by molar-refractivity contribution is 7.94. The number of aryl methyl sites for hydroxylation is 1. The second kappa shape index (κ2) is 8.85. The third-order valence-electron chi connectivity index (χ3n) is 5.53. The SMILES string of the molecule is CC(=O)[C@H](CC1(C)CCCC1)NC(=O)c1ccc(NS(=O)(=O)c2ncc(C)s2)cc1. The van der Waals surface area contributed by atoms with E-state index in [1.165, 1.54) is 37.4 Å². The number of sulfonamides is 1. The first kappa shape index (κ1) is 22.4. The van der Waals surface area contributed by atoms with Gasteiger partial charge < -0.3 is 5.32 Å². The van der Waals surface area contributed by atoms with Crippen molar-refractivity contribution < 1.29 is 18.0 Å². The molecule has 0 unspecified atom stereocenters. The zero-order valence-corrected chi connectivity index (χ0v) is 19.0. The molecule has 1 aliphatic rings. The molecule has 2 aromatic rings. The standard InChI is InChI=1S/C21H27N3O4S2/c1-14-13-22-20(29-14)30(27,28)24-17-8-6-16(7-9-17)19(26)23-18(15(2)25)12-21(3)10-4-5-11-21/h6-9,13,18,24H,4-5,10-12H2,1-3H3,(H,23,26)/t18-/m0/s1. The molecule has 1 fully saturated rings. The summed E-state index contributed by atoms with van der Waals surface area (Å²) in [6.07, 6.45) is 6.60. The Balaban J connectivity index is 1.66. The number of carbonyl (C=O) groups is 2. The van der Waals surface area contributed by atoms with Gasteiger partial charge in [0.25, 0.3) is 15.9 Å². The summed E-state index contributed by atoms with van der Waals surface area (Å²) in [6, 6.07) is 5.60. The molecule has 1 heterocycles. The number of Topliss-reactive ketones (excluding diaryl/α,β-unsaturated/α-hetero) is 1. The molecule has 0 radical (unpaired) electrons. The van der Waals surface area contributed by atoms with E-state index in [9.17, 15) is 18.0 Å². The number of nitrogens with one attached hydrogen (secondary N) is 2. The molecule has 1 aromatic heterocycles. The minimum atomic E-state index is -3.76. The highest BCUT2D eigenvalue weighted by Crippen LogP contribution is 2.41. The second-order valence-corrected chi connectivity index (χ2v) is 11.4. The van der Waals surface area contributed by atoms with Crippen molar-refractivity contribution >= 4 is 38.7 Å². The molecule has 0 saturated heterocycles. The van der Waals surface area contributed by atoms with Crippen LogP contribution in [0.1, 0.15) is 61.2 Å². The summed E-state index contributed by atoms with van der Waals surface area (Å²) in [5.41, 5.74) is 0.784. The Bertz CT molecular complexity index is 1020. The van der Waals surface area contributed by atoms with Gasteiger partial charge in [-0.3, -0.25) is 14.3 Å². The molecule has 1 aromatic carbocycles. The maximum Gasteiger partial charge on any atom is 0.289 e. The van der Waals surface area contributed by atoms with E-state index in [2.05, 4.69) is 21.9 Å². The number of thiazole rings is 1. The molecule has 0 aliphatic heterocycles. The number of nitrogens with zero attached hydrogens (tertiary/aromatic N) is 1. The van der Waals surface area contributed by atoms with E-state index < -0.39 is 16.1 Å². The van der Waals surface area contributed by atoms with Gasteiger partial charge >= 0.3 is 0 Å². The predicted octanol–water partition coefficient (Wildman–Crippen LogP) is 3.91. The fraction of sp³-hybridized carbons (Fsp3) is 0.476. The lowest BCUT2D eigenvalue weighted by atomic mass is 9.81. The monoisotopic (exact) mass is 449 g/mol. The summed E-state index contributed by atoms with van der Waals surface area (Å²) in [6.45, 7) is 5.46. The summed E-state index contributed by atoms with van der Waals surface area (Å²) < 4.78 is 27.2. The van der Waals surface area contributed by atoms with Gasteiger partial charge in [-0.1, -0.05) is 19.8 Å². The van der Waals surface area contributed by atoms with Gasteiger partial charge in [-0.15, -0.1) is 11.3 Å². The second-order valence-electron chi connectivity index (χ2n) is 8.28. The van der Waals surface area contributed by atoms with Gasteiger partial charge in [0.2, 0.25) is 4.34 Å². The smallest absolute Gasteiger partial charge is 0.289 e. The third kappa shape index (κ3) is 5.46. The number of anilines is 1. The lowest BCUT2D eigenvalue weighted by Gasteiger charge is -2.28. The van der Waals surface area contributed by atoms with Crippen LogP contribution in [-0.4, -0.2) is 31.1 Å². The van der Waals surface area contributed by atoms with Gasteiger partial charge in [0.05, 0.1) is 6.04 Å². The van der Waals surface area contributed by atoms with Crippen molar-refractivity contribution in [2.24, 2.45) is 5.41 Å². The first-order chi connectivity index (χ1) is 14.1. The Morgan fingerprint density at radius 2 is 1.83 bits per heavy atom. The summed E-state index contributed by atoms with van der Waals surface area (Å²) in [7, 11) is -3.76. The van der Waals surface area contributed by atoms with Crippen LogP contribution in [0.25, 0.3) is 0 Å². The summed E-state index contributed by atoms with van der Waals surface area (Å²) in [4.78, 5) is 29.4. The lowest BCUT2D eigenvalue weighted by Crippen LogP contribution is -2.42. The first-order valence-corrected chi connectivity index (χ1v) is 12.2. The number of aromatic nitrogens is 1. The van der Waals surface area contributed by atoms with Crippen molar-refractivity contribution in [1.29, 1.82) is 0 Å². The quantitative estimate of drug-likeness (QED) is 0.636. The van der Waals surface area contributed by atoms with Gasteiger partial charge in [-0.05, 0) is 62.8 Å². The van der Waals surface area contributed by atoms with Crippen LogP contribution in [0.2, 0.25) is 0 Å². The fourth-order valence-corrected chi connectivity index (χ4v) is 5.98. The Morgan fingerprint density at radius 1 is 1.20 bits per heavy atom. The van der Waals surface area contributed by atoms with Crippen LogP contribution in [0, 0.1) is 12.3 Å². The van der Waals surface area contributed by atoms with Gasteiger partial charge in [0.15, 0.2) is 5.78 Å². The van der Waals surface area contributed by atoms with Gasteiger partial charge in [0.1, 0.15) is 0 Å². The minimum Gasteiger partial charge on any atom is -0.342 e. The lowest BCUT2D eigenvalue weighted by molar-refractivity contribution is -0.119. The minimum absolute atomic E-state index is 0.00785. The van der Waals surface area contributed by atoms with Crippen LogP contribution >= 0.6 is 11.3 Å². The van der Waals surface area contributed by atoms with E-state index in [0.717, 1.165) is 41.9 Å². The van der Waals surface area contributed by atoms with Crippen molar-refractivity contribution in [3.8, 4) is 0 Å². The third-order valence-corrected chi connectivity index (χ3v) is 8.22. The van der Waals surface area contributed by atoms with Crippen LogP contribution < -0.4 is 10.0 Å². The molecule has 1 saturated carbocycles. The zero-order chi connectivity index (χ0) is 21.9. The summed E-state index contributed by atoms with van der Waals surface area (Å²) >= 11 is 1.09. The van der Waals surface area contributed by atoms with Crippen LogP contribution in [-0.2, 0) is 14.8 Å². The van der Waals surface area contributed by atoms with Crippen molar-refractivity contribution in [3.63, 3.8) is 0 Å². The summed E-state index contributed by atoms with van der Waals surface area (Å²) in [5, 5.41) is 2.85. The molecule has 9 heteroatoms. The maximum absolute atomic E-state index is 12.6. The highest BCUT2D eigenvalue weighted by Gasteiger charge is 2.33. The van der Waals surface area contributed by atoms with Crippen LogP contribution in [0.5, 0.6) is 0 Å².